The van der Waals surface area contributed by atoms with Crippen molar-refractivity contribution in [1.82, 2.24) is 9.13 Å². The lowest BCUT2D eigenvalue weighted by Crippen LogP contribution is -2.34. The first-order chi connectivity index (χ1) is 27.3. The van der Waals surface area contributed by atoms with E-state index < -0.39 is 5.41 Å². The zero-order chi connectivity index (χ0) is 35.8. The molecule has 254 valence electrons. The highest BCUT2D eigenvalue weighted by Crippen LogP contribution is 2.63. The summed E-state index contributed by atoms with van der Waals surface area (Å²) in [7, 11) is 0. The fourth-order valence-corrected chi connectivity index (χ4v) is 10.6. The number of hydrogen-bond acceptors (Lipinski definition) is 0. The lowest BCUT2D eigenvalue weighted by molar-refractivity contribution is 0.750. The van der Waals surface area contributed by atoms with Gasteiger partial charge in [0.2, 0.25) is 0 Å². The van der Waals surface area contributed by atoms with Gasteiger partial charge in [0.1, 0.15) is 0 Å². The Hall–Kier alpha value is -7.16. The van der Waals surface area contributed by atoms with Crippen molar-refractivity contribution in [2.24, 2.45) is 0 Å². The first-order valence-corrected chi connectivity index (χ1v) is 19.2. The number of fused-ring (bicyclic) bond motifs is 16. The summed E-state index contributed by atoms with van der Waals surface area (Å²) < 4.78 is 4.96. The second-order valence-corrected chi connectivity index (χ2v) is 15.2. The fourth-order valence-electron chi connectivity index (χ4n) is 10.6. The fraction of sp³-hybridized carbons (Fsp3) is 0.0189. The zero-order valence-corrected chi connectivity index (χ0v) is 29.9. The van der Waals surface area contributed by atoms with Crippen LogP contribution < -0.4 is 0 Å². The number of aromatic nitrogens is 2. The van der Waals surface area contributed by atoms with E-state index >= 15 is 0 Å². The van der Waals surface area contributed by atoms with E-state index in [1.54, 1.807) is 0 Å². The summed E-state index contributed by atoms with van der Waals surface area (Å²) in [5, 5.41) is 7.61. The maximum Gasteiger partial charge on any atom is 0.0760 e. The predicted molar refractivity (Wildman–Crippen MR) is 229 cm³/mol. The molecule has 1 aliphatic heterocycles. The molecule has 1 atom stereocenters. The Morgan fingerprint density at radius 2 is 0.964 bits per heavy atom. The molecule has 2 aromatic heterocycles. The van der Waals surface area contributed by atoms with Crippen LogP contribution in [-0.2, 0) is 5.41 Å². The molecular formula is C53H32N2. The highest BCUT2D eigenvalue weighted by Gasteiger charge is 2.51. The largest absolute Gasteiger partial charge is 0.309 e. The molecule has 0 saturated heterocycles. The topological polar surface area (TPSA) is 9.86 Å². The van der Waals surface area contributed by atoms with E-state index in [0.717, 1.165) is 0 Å². The summed E-state index contributed by atoms with van der Waals surface area (Å²) in [6.45, 7) is 0. The van der Waals surface area contributed by atoms with Gasteiger partial charge in [0.05, 0.1) is 33.2 Å². The van der Waals surface area contributed by atoms with Gasteiger partial charge < -0.3 is 9.13 Å². The average Bonchev–Trinajstić information content (AvgIpc) is 3.88. The van der Waals surface area contributed by atoms with Crippen molar-refractivity contribution in [3.63, 3.8) is 0 Å². The monoisotopic (exact) mass is 696 g/mol. The molecule has 2 nitrogen and oxygen atoms in total. The van der Waals surface area contributed by atoms with Gasteiger partial charge in [0.15, 0.2) is 0 Å². The van der Waals surface area contributed by atoms with Crippen LogP contribution in [0.2, 0.25) is 0 Å². The lowest BCUT2D eigenvalue weighted by Gasteiger charge is -2.40. The summed E-state index contributed by atoms with van der Waals surface area (Å²) in [6, 6.07) is 72.6. The normalized spacial score (nSPS) is 15.3. The van der Waals surface area contributed by atoms with Crippen LogP contribution in [0, 0.1) is 0 Å². The van der Waals surface area contributed by atoms with Crippen LogP contribution in [0.5, 0.6) is 0 Å². The van der Waals surface area contributed by atoms with Crippen molar-refractivity contribution in [1.29, 1.82) is 0 Å². The van der Waals surface area contributed by atoms with Crippen LogP contribution in [0.1, 0.15) is 22.3 Å². The minimum atomic E-state index is -0.517. The van der Waals surface area contributed by atoms with Crippen molar-refractivity contribution >= 4 is 54.4 Å². The van der Waals surface area contributed by atoms with E-state index in [0.29, 0.717) is 0 Å². The van der Waals surface area contributed by atoms with Crippen LogP contribution in [0.15, 0.2) is 194 Å². The quantitative estimate of drug-likeness (QED) is 0.170. The van der Waals surface area contributed by atoms with Gasteiger partial charge in [-0.05, 0) is 97.7 Å². The highest BCUT2D eigenvalue weighted by atomic mass is 15.0. The second kappa shape index (κ2) is 10.5. The van der Waals surface area contributed by atoms with Gasteiger partial charge in [0, 0.05) is 27.2 Å². The molecule has 1 unspecified atom stereocenters. The first-order valence-electron chi connectivity index (χ1n) is 19.2. The Balaban J connectivity index is 1.14. The Bertz CT molecular complexity index is 3450. The number of para-hydroxylation sites is 4. The number of benzene rings is 9. The van der Waals surface area contributed by atoms with E-state index in [9.17, 15) is 0 Å². The molecule has 1 aliphatic carbocycles. The molecule has 0 N–H and O–H groups in total. The van der Waals surface area contributed by atoms with Gasteiger partial charge in [-0.3, -0.25) is 0 Å². The van der Waals surface area contributed by atoms with Gasteiger partial charge >= 0.3 is 0 Å². The molecule has 9 aromatic carbocycles. The number of rotatable bonds is 2. The molecule has 2 aliphatic rings. The predicted octanol–water partition coefficient (Wildman–Crippen LogP) is 13.4. The van der Waals surface area contributed by atoms with Crippen LogP contribution in [0.25, 0.3) is 88.0 Å². The summed E-state index contributed by atoms with van der Waals surface area (Å²) in [5.41, 5.74) is 17.4. The van der Waals surface area contributed by atoms with E-state index in [2.05, 4.69) is 203 Å². The molecule has 2 heteroatoms. The van der Waals surface area contributed by atoms with Gasteiger partial charge in [-0.2, -0.15) is 0 Å². The lowest BCUT2D eigenvalue weighted by atomic mass is 9.64. The second-order valence-electron chi connectivity index (χ2n) is 15.2. The van der Waals surface area contributed by atoms with Crippen molar-refractivity contribution in [3.05, 3.63) is 216 Å². The van der Waals surface area contributed by atoms with Crippen molar-refractivity contribution < 1.29 is 0 Å². The van der Waals surface area contributed by atoms with Crippen LogP contribution in [-0.4, -0.2) is 9.13 Å². The summed E-state index contributed by atoms with van der Waals surface area (Å²) in [4.78, 5) is 0. The summed E-state index contributed by atoms with van der Waals surface area (Å²) in [5.74, 6) is 0. The molecule has 11 aromatic rings. The maximum atomic E-state index is 2.53. The third-order valence-electron chi connectivity index (χ3n) is 12.7. The SMILES string of the molecule is c1ccc2c(c1)-c1cccc(-c3ccc4c(c3)c3ccccc3n4-c3ccc4ccccc4c3)c1C21c2ccccc2-n2c3ccccc3c3cccc1c32. The van der Waals surface area contributed by atoms with E-state index in [1.807, 2.05) is 0 Å². The van der Waals surface area contributed by atoms with Gasteiger partial charge in [0.25, 0.3) is 0 Å². The van der Waals surface area contributed by atoms with Crippen LogP contribution in [0.4, 0.5) is 0 Å². The number of hydrogen-bond donors (Lipinski definition) is 0. The van der Waals surface area contributed by atoms with E-state index in [4.69, 9.17) is 0 Å². The van der Waals surface area contributed by atoms with Crippen molar-refractivity contribution in [2.45, 2.75) is 5.41 Å². The van der Waals surface area contributed by atoms with Gasteiger partial charge in [-0.15, -0.1) is 0 Å². The smallest absolute Gasteiger partial charge is 0.0760 e. The minimum Gasteiger partial charge on any atom is -0.309 e. The molecule has 55 heavy (non-hydrogen) atoms. The van der Waals surface area contributed by atoms with Crippen molar-refractivity contribution in [2.75, 3.05) is 0 Å². The average molecular weight is 697 g/mol. The Morgan fingerprint density at radius 3 is 1.85 bits per heavy atom. The molecule has 0 bridgehead atoms. The molecule has 0 amide bonds. The third kappa shape index (κ3) is 3.60. The molecule has 13 rings (SSSR count). The first kappa shape index (κ1) is 29.3. The minimum absolute atomic E-state index is 0.517. The molecule has 0 fully saturated rings. The Morgan fingerprint density at radius 1 is 0.345 bits per heavy atom. The molecular weight excluding hydrogens is 665 g/mol. The summed E-state index contributed by atoms with van der Waals surface area (Å²) in [6.07, 6.45) is 0. The molecule has 0 saturated carbocycles. The highest BCUT2D eigenvalue weighted by molar-refractivity contribution is 6.14. The zero-order valence-electron chi connectivity index (χ0n) is 29.9. The Kier molecular flexibility index (Phi) is 5.59. The molecule has 1 spiro atoms. The third-order valence-corrected chi connectivity index (χ3v) is 12.7. The maximum absolute atomic E-state index is 2.53. The van der Waals surface area contributed by atoms with E-state index in [-0.39, 0.29) is 0 Å². The standard InChI is InChI=1S/C53H32N2/c1-2-14-34-31-36(29-27-33(34)13-1)54-47-24-8-5-17-40(47)43-32-35(28-30-49(43)54)37-18-11-19-41-38-15-3-6-21-44(38)53(51(37)41)45-22-7-10-26-50(45)55-48-25-9-4-16-39(48)42-20-12-23-46(53)52(42)55/h1-32H. The molecule has 3 heterocycles. The molecule has 0 radical (unpaired) electrons. The van der Waals surface area contributed by atoms with Crippen molar-refractivity contribution in [3.8, 4) is 33.6 Å². The number of nitrogens with zero attached hydrogens (tertiary/aromatic N) is 2. The van der Waals surface area contributed by atoms with Gasteiger partial charge in [-0.25, -0.2) is 0 Å². The van der Waals surface area contributed by atoms with Crippen LogP contribution in [0.3, 0.4) is 0 Å². The van der Waals surface area contributed by atoms with E-state index in [1.165, 1.54) is 110 Å². The van der Waals surface area contributed by atoms with Gasteiger partial charge in [-0.1, -0.05) is 152 Å². The van der Waals surface area contributed by atoms with Crippen LogP contribution >= 0.6 is 0 Å². The Labute approximate surface area is 317 Å². The summed E-state index contributed by atoms with van der Waals surface area (Å²) >= 11 is 0.